The second kappa shape index (κ2) is 8.38. The van der Waals surface area contributed by atoms with Gasteiger partial charge in [-0.25, -0.2) is 0 Å². The molecule has 1 fully saturated rings. The van der Waals surface area contributed by atoms with Crippen molar-refractivity contribution in [2.45, 2.75) is 32.7 Å². The Hall–Kier alpha value is -0.0900. The zero-order valence-electron chi connectivity index (χ0n) is 12.2. The van der Waals surface area contributed by atoms with Gasteiger partial charge in [-0.3, -0.25) is 0 Å². The molecule has 1 aliphatic heterocycles. The van der Waals surface area contributed by atoms with Crippen LogP contribution in [-0.2, 0) is 6.54 Å². The monoisotopic (exact) mass is 358 g/mol. The Kier molecular flexibility index (Phi) is 6.82. The molecule has 1 aromatic rings. The van der Waals surface area contributed by atoms with Crippen molar-refractivity contribution >= 4 is 27.5 Å². The van der Waals surface area contributed by atoms with Crippen LogP contribution < -0.4 is 5.32 Å². The van der Waals surface area contributed by atoms with Crippen molar-refractivity contribution in [3.8, 4) is 0 Å². The summed E-state index contributed by atoms with van der Waals surface area (Å²) < 4.78 is 1.08. The predicted molar refractivity (Wildman–Crippen MR) is 90.3 cm³/mol. The number of rotatable bonds is 6. The Balaban J connectivity index is 1.70. The average Bonchev–Trinajstić information content (AvgIpc) is 2.44. The van der Waals surface area contributed by atoms with Crippen LogP contribution in [0.2, 0.25) is 5.02 Å². The number of halogens is 2. The van der Waals surface area contributed by atoms with Crippen molar-refractivity contribution < 1.29 is 0 Å². The lowest BCUT2D eigenvalue weighted by atomic mass is 10.1. The standard InChI is InChI=1S/C16H24BrClN2/c1-13(12-20-7-3-2-4-8-20)10-19-11-14-9-15(17)5-6-16(14)18/h5-6,9,13,19H,2-4,7-8,10-12H2,1H3. The van der Waals surface area contributed by atoms with Gasteiger partial charge in [-0.15, -0.1) is 0 Å². The molecule has 1 heterocycles. The molecular formula is C16H24BrClN2. The first-order valence-electron chi connectivity index (χ1n) is 7.52. The second-order valence-corrected chi connectivity index (χ2v) is 7.16. The fourth-order valence-electron chi connectivity index (χ4n) is 2.78. The molecule has 0 spiro atoms. The molecule has 4 heteroatoms. The van der Waals surface area contributed by atoms with Crippen LogP contribution in [0.25, 0.3) is 0 Å². The lowest BCUT2D eigenvalue weighted by molar-refractivity contribution is 0.199. The summed E-state index contributed by atoms with van der Waals surface area (Å²) in [4.78, 5) is 2.60. The van der Waals surface area contributed by atoms with Gasteiger partial charge in [0.2, 0.25) is 0 Å². The molecular weight excluding hydrogens is 336 g/mol. The number of piperidine rings is 1. The van der Waals surface area contributed by atoms with E-state index in [-0.39, 0.29) is 0 Å². The molecule has 0 bridgehead atoms. The number of hydrogen-bond acceptors (Lipinski definition) is 2. The first-order chi connectivity index (χ1) is 9.65. The van der Waals surface area contributed by atoms with E-state index in [9.17, 15) is 0 Å². The largest absolute Gasteiger partial charge is 0.312 e. The molecule has 2 rings (SSSR count). The molecule has 0 aromatic heterocycles. The maximum absolute atomic E-state index is 6.20. The molecule has 1 unspecified atom stereocenters. The minimum absolute atomic E-state index is 0.680. The van der Waals surface area contributed by atoms with Crippen LogP contribution in [0, 0.1) is 5.92 Å². The van der Waals surface area contributed by atoms with E-state index >= 15 is 0 Å². The SMILES string of the molecule is CC(CNCc1cc(Br)ccc1Cl)CN1CCCCC1. The minimum atomic E-state index is 0.680. The van der Waals surface area contributed by atoms with Crippen LogP contribution in [0.4, 0.5) is 0 Å². The van der Waals surface area contributed by atoms with Crippen LogP contribution in [-0.4, -0.2) is 31.1 Å². The molecule has 1 saturated heterocycles. The molecule has 1 aromatic carbocycles. The number of benzene rings is 1. The Morgan fingerprint density at radius 2 is 2.05 bits per heavy atom. The fraction of sp³-hybridized carbons (Fsp3) is 0.625. The van der Waals surface area contributed by atoms with E-state index in [1.54, 1.807) is 0 Å². The molecule has 112 valence electrons. The van der Waals surface area contributed by atoms with Crippen LogP contribution >= 0.6 is 27.5 Å². The zero-order chi connectivity index (χ0) is 14.4. The van der Waals surface area contributed by atoms with Gasteiger partial charge in [-0.05, 0) is 62.2 Å². The summed E-state index contributed by atoms with van der Waals surface area (Å²) in [6.45, 7) is 7.97. The highest BCUT2D eigenvalue weighted by Gasteiger charge is 2.13. The summed E-state index contributed by atoms with van der Waals surface area (Å²) in [5.74, 6) is 0.680. The van der Waals surface area contributed by atoms with Crippen molar-refractivity contribution in [1.82, 2.24) is 10.2 Å². The summed E-state index contributed by atoms with van der Waals surface area (Å²) in [6, 6.07) is 6.01. The van der Waals surface area contributed by atoms with Crippen molar-refractivity contribution in [1.29, 1.82) is 0 Å². The molecule has 1 aliphatic rings. The van der Waals surface area contributed by atoms with Gasteiger partial charge < -0.3 is 10.2 Å². The highest BCUT2D eigenvalue weighted by Crippen LogP contribution is 2.20. The van der Waals surface area contributed by atoms with Gasteiger partial charge in [0, 0.05) is 22.6 Å². The van der Waals surface area contributed by atoms with Crippen LogP contribution in [0.1, 0.15) is 31.7 Å². The fourth-order valence-corrected chi connectivity index (χ4v) is 3.37. The molecule has 20 heavy (non-hydrogen) atoms. The van der Waals surface area contributed by atoms with Gasteiger partial charge in [-0.1, -0.05) is 40.9 Å². The first-order valence-corrected chi connectivity index (χ1v) is 8.69. The Morgan fingerprint density at radius 1 is 1.30 bits per heavy atom. The Morgan fingerprint density at radius 3 is 2.80 bits per heavy atom. The third-order valence-corrected chi connectivity index (χ3v) is 4.70. The van der Waals surface area contributed by atoms with E-state index in [2.05, 4.69) is 39.1 Å². The maximum atomic E-state index is 6.20. The quantitative estimate of drug-likeness (QED) is 0.814. The lowest BCUT2D eigenvalue weighted by Gasteiger charge is -2.29. The molecule has 0 radical (unpaired) electrons. The van der Waals surface area contributed by atoms with Crippen LogP contribution in [0.5, 0.6) is 0 Å². The van der Waals surface area contributed by atoms with Crippen molar-refractivity contribution in [3.05, 3.63) is 33.3 Å². The van der Waals surface area contributed by atoms with Crippen LogP contribution in [0.15, 0.2) is 22.7 Å². The summed E-state index contributed by atoms with van der Waals surface area (Å²) in [5.41, 5.74) is 1.16. The summed E-state index contributed by atoms with van der Waals surface area (Å²) >= 11 is 9.69. The second-order valence-electron chi connectivity index (χ2n) is 5.83. The third-order valence-electron chi connectivity index (χ3n) is 3.83. The normalized spacial score (nSPS) is 18.1. The lowest BCUT2D eigenvalue weighted by Crippen LogP contribution is -2.36. The van der Waals surface area contributed by atoms with E-state index < -0.39 is 0 Å². The highest BCUT2D eigenvalue weighted by atomic mass is 79.9. The van der Waals surface area contributed by atoms with Gasteiger partial charge in [-0.2, -0.15) is 0 Å². The van der Waals surface area contributed by atoms with Crippen molar-refractivity contribution in [2.24, 2.45) is 5.92 Å². The smallest absolute Gasteiger partial charge is 0.0451 e. The summed E-state index contributed by atoms with van der Waals surface area (Å²) in [6.07, 6.45) is 4.14. The van der Waals surface area contributed by atoms with Crippen LogP contribution in [0.3, 0.4) is 0 Å². The zero-order valence-corrected chi connectivity index (χ0v) is 14.5. The van der Waals surface area contributed by atoms with Gasteiger partial charge in [0.15, 0.2) is 0 Å². The Bertz CT molecular complexity index is 419. The van der Waals surface area contributed by atoms with Gasteiger partial charge >= 0.3 is 0 Å². The molecule has 0 aliphatic carbocycles. The number of nitrogens with one attached hydrogen (secondary N) is 1. The van der Waals surface area contributed by atoms with E-state index in [1.165, 1.54) is 38.9 Å². The van der Waals surface area contributed by atoms with Gasteiger partial charge in [0.05, 0.1) is 0 Å². The highest BCUT2D eigenvalue weighted by molar-refractivity contribution is 9.10. The number of likely N-dealkylation sites (tertiary alicyclic amines) is 1. The van der Waals surface area contributed by atoms with Gasteiger partial charge in [0.25, 0.3) is 0 Å². The third kappa shape index (κ3) is 5.36. The van der Waals surface area contributed by atoms with E-state index in [1.807, 2.05) is 12.1 Å². The van der Waals surface area contributed by atoms with Gasteiger partial charge in [0.1, 0.15) is 0 Å². The maximum Gasteiger partial charge on any atom is 0.0451 e. The number of nitrogens with zero attached hydrogens (tertiary/aromatic N) is 1. The summed E-state index contributed by atoms with van der Waals surface area (Å²) in [5, 5.41) is 4.36. The predicted octanol–water partition coefficient (Wildman–Crippen LogP) is 4.31. The van der Waals surface area contributed by atoms with E-state index in [0.717, 1.165) is 28.1 Å². The first kappa shape index (κ1) is 16.3. The van der Waals surface area contributed by atoms with Crippen molar-refractivity contribution in [3.63, 3.8) is 0 Å². The van der Waals surface area contributed by atoms with E-state index in [4.69, 9.17) is 11.6 Å². The topological polar surface area (TPSA) is 15.3 Å². The summed E-state index contributed by atoms with van der Waals surface area (Å²) in [7, 11) is 0. The van der Waals surface area contributed by atoms with Crippen molar-refractivity contribution in [2.75, 3.05) is 26.2 Å². The minimum Gasteiger partial charge on any atom is -0.312 e. The van der Waals surface area contributed by atoms with E-state index in [0.29, 0.717) is 5.92 Å². The molecule has 0 amide bonds. The average molecular weight is 360 g/mol. The molecule has 1 N–H and O–H groups in total. The molecule has 2 nitrogen and oxygen atoms in total. The Labute approximate surface area is 136 Å². The molecule has 1 atom stereocenters. The number of hydrogen-bond donors (Lipinski definition) is 1. The molecule has 0 saturated carbocycles.